The van der Waals surface area contributed by atoms with Crippen molar-refractivity contribution in [3.8, 4) is 17.3 Å². The summed E-state index contributed by atoms with van der Waals surface area (Å²) in [5.74, 6) is 1.17. The van der Waals surface area contributed by atoms with Gasteiger partial charge in [0, 0.05) is 18.0 Å². The number of nitrogens with one attached hydrogen (secondary N) is 1. The molecule has 0 radical (unpaired) electrons. The average molecular weight is 432 g/mol. The van der Waals surface area contributed by atoms with Gasteiger partial charge in [-0.1, -0.05) is 36.4 Å². The molecule has 0 saturated heterocycles. The molecule has 2 aromatic heterocycles. The minimum atomic E-state index is -1.54. The van der Waals surface area contributed by atoms with Crippen LogP contribution in [0.25, 0.3) is 22.4 Å². The Labute approximate surface area is 184 Å². The second kappa shape index (κ2) is 8.70. The number of ether oxygens (including phenoxy) is 1. The molecule has 0 aliphatic carbocycles. The average Bonchev–Trinajstić information content (AvgIpc) is 3.13. The second-order valence-electron chi connectivity index (χ2n) is 7.17. The summed E-state index contributed by atoms with van der Waals surface area (Å²) >= 11 is 0. The highest BCUT2D eigenvalue weighted by atomic mass is 16.5. The van der Waals surface area contributed by atoms with Crippen molar-refractivity contribution < 1.29 is 24.0 Å². The molecule has 162 valence electrons. The number of nitrogens with two attached hydrogens (primary N) is 1. The zero-order chi connectivity index (χ0) is 22.8. The number of para-hydroxylation sites is 1. The molecule has 0 aliphatic rings. The van der Waals surface area contributed by atoms with Gasteiger partial charge < -0.3 is 30.3 Å². The fourth-order valence-electron chi connectivity index (χ4n) is 3.50. The molecule has 32 heavy (non-hydrogen) atoms. The smallest absolute Gasteiger partial charge is 0.481 e. The standard InChI is InChI=1S/C22H21BN4O5/c1-12-19(15-7-4-8-16(21(24)28)20(15)32-12)22-26-17(10-18(27-22)31-2)25-11-13-5-3-6-14(9-13)23(29)30/h3-10,29-30H,11H2,1-2H3,(H2,24,28)(H,25,26,27). The highest BCUT2D eigenvalue weighted by Crippen LogP contribution is 2.35. The number of primary amides is 1. The van der Waals surface area contributed by atoms with Crippen LogP contribution >= 0.6 is 0 Å². The number of amides is 1. The van der Waals surface area contributed by atoms with Crippen LogP contribution in [0.5, 0.6) is 5.88 Å². The summed E-state index contributed by atoms with van der Waals surface area (Å²) < 4.78 is 11.2. The van der Waals surface area contributed by atoms with E-state index in [0.717, 1.165) is 5.56 Å². The SMILES string of the molecule is COc1cc(NCc2cccc(B(O)O)c2)nc(-c2c(C)oc3c(C(N)=O)cccc23)n1. The van der Waals surface area contributed by atoms with Crippen LogP contribution in [0.3, 0.4) is 0 Å². The quantitative estimate of drug-likeness (QED) is 0.323. The Morgan fingerprint density at radius 1 is 1.19 bits per heavy atom. The maximum atomic E-state index is 11.8. The van der Waals surface area contributed by atoms with Crippen LogP contribution in [0.1, 0.15) is 21.7 Å². The number of anilines is 1. The molecular weight excluding hydrogens is 411 g/mol. The van der Waals surface area contributed by atoms with Crippen LogP contribution in [0.15, 0.2) is 52.9 Å². The van der Waals surface area contributed by atoms with E-state index < -0.39 is 13.0 Å². The van der Waals surface area contributed by atoms with Crippen molar-refractivity contribution in [3.63, 3.8) is 0 Å². The molecule has 0 spiro atoms. The second-order valence-corrected chi connectivity index (χ2v) is 7.17. The monoisotopic (exact) mass is 432 g/mol. The highest BCUT2D eigenvalue weighted by Gasteiger charge is 2.21. The number of benzene rings is 2. The fourth-order valence-corrected chi connectivity index (χ4v) is 3.50. The zero-order valence-corrected chi connectivity index (χ0v) is 17.5. The molecule has 10 heteroatoms. The molecule has 0 aliphatic heterocycles. The normalized spacial score (nSPS) is 10.9. The molecule has 2 heterocycles. The van der Waals surface area contributed by atoms with Crippen molar-refractivity contribution in [2.24, 2.45) is 5.73 Å². The molecule has 4 aromatic rings. The predicted molar refractivity (Wildman–Crippen MR) is 121 cm³/mol. The van der Waals surface area contributed by atoms with E-state index in [1.54, 1.807) is 43.3 Å². The number of carbonyl (C=O) groups excluding carboxylic acids is 1. The Morgan fingerprint density at radius 3 is 2.69 bits per heavy atom. The van der Waals surface area contributed by atoms with Crippen LogP contribution < -0.4 is 21.3 Å². The van der Waals surface area contributed by atoms with Gasteiger partial charge in [0.15, 0.2) is 5.82 Å². The summed E-state index contributed by atoms with van der Waals surface area (Å²) in [5, 5.41) is 22.6. The molecule has 2 aromatic carbocycles. The summed E-state index contributed by atoms with van der Waals surface area (Å²) in [5.41, 5.74) is 8.02. The number of furan rings is 1. The Morgan fingerprint density at radius 2 is 1.97 bits per heavy atom. The first kappa shape index (κ1) is 21.4. The van der Waals surface area contributed by atoms with Gasteiger partial charge in [0.1, 0.15) is 17.2 Å². The fraction of sp³-hybridized carbons (Fsp3) is 0.136. The maximum absolute atomic E-state index is 11.8. The lowest BCUT2D eigenvalue weighted by Gasteiger charge is -2.10. The number of hydrogen-bond donors (Lipinski definition) is 4. The molecule has 9 nitrogen and oxygen atoms in total. The van der Waals surface area contributed by atoms with Gasteiger partial charge in [0.05, 0.1) is 18.2 Å². The number of methoxy groups -OCH3 is 1. The van der Waals surface area contributed by atoms with Gasteiger partial charge in [0.2, 0.25) is 5.88 Å². The zero-order valence-electron chi connectivity index (χ0n) is 17.5. The minimum Gasteiger partial charge on any atom is -0.481 e. The van der Waals surface area contributed by atoms with Gasteiger partial charge in [-0.15, -0.1) is 0 Å². The lowest BCUT2D eigenvalue weighted by Crippen LogP contribution is -2.30. The van der Waals surface area contributed by atoms with Crippen molar-refractivity contribution >= 4 is 35.3 Å². The van der Waals surface area contributed by atoms with Crippen molar-refractivity contribution in [2.45, 2.75) is 13.5 Å². The Kier molecular flexibility index (Phi) is 5.80. The van der Waals surface area contributed by atoms with E-state index in [1.807, 2.05) is 12.1 Å². The Hall–Kier alpha value is -3.89. The molecular formula is C22H21BN4O5. The third kappa shape index (κ3) is 4.14. The van der Waals surface area contributed by atoms with Gasteiger partial charge in [-0.2, -0.15) is 4.98 Å². The predicted octanol–water partition coefficient (Wildman–Crippen LogP) is 1.60. The number of nitrogens with zero attached hydrogens (tertiary/aromatic N) is 2. The highest BCUT2D eigenvalue weighted by molar-refractivity contribution is 6.58. The Balaban J connectivity index is 1.72. The van der Waals surface area contributed by atoms with Gasteiger partial charge in [0.25, 0.3) is 5.91 Å². The lowest BCUT2D eigenvalue weighted by molar-refractivity contribution is 0.100. The van der Waals surface area contributed by atoms with E-state index in [1.165, 1.54) is 7.11 Å². The van der Waals surface area contributed by atoms with Crippen LogP contribution in [-0.2, 0) is 6.54 Å². The van der Waals surface area contributed by atoms with Crippen molar-refractivity contribution in [1.29, 1.82) is 0 Å². The van der Waals surface area contributed by atoms with Gasteiger partial charge in [-0.25, -0.2) is 4.98 Å². The third-order valence-corrected chi connectivity index (χ3v) is 5.02. The van der Waals surface area contributed by atoms with E-state index in [4.69, 9.17) is 14.9 Å². The number of aromatic nitrogens is 2. The molecule has 0 unspecified atom stereocenters. The lowest BCUT2D eigenvalue weighted by atomic mass is 9.80. The molecule has 1 amide bonds. The maximum Gasteiger partial charge on any atom is 0.488 e. The number of fused-ring (bicyclic) bond motifs is 1. The first-order valence-electron chi connectivity index (χ1n) is 9.81. The van der Waals surface area contributed by atoms with E-state index in [0.29, 0.717) is 51.8 Å². The molecule has 4 rings (SSSR count). The summed E-state index contributed by atoms with van der Waals surface area (Å²) in [6.07, 6.45) is 0. The Bertz CT molecular complexity index is 1300. The topological polar surface area (TPSA) is 144 Å². The van der Waals surface area contributed by atoms with E-state index >= 15 is 0 Å². The summed E-state index contributed by atoms with van der Waals surface area (Å²) in [6, 6.07) is 13.7. The molecule has 0 saturated carbocycles. The molecule has 5 N–H and O–H groups in total. The number of rotatable bonds is 7. The van der Waals surface area contributed by atoms with Crippen LogP contribution in [0.4, 0.5) is 5.82 Å². The number of carbonyl (C=O) groups is 1. The van der Waals surface area contributed by atoms with Gasteiger partial charge in [-0.3, -0.25) is 4.79 Å². The first-order valence-corrected chi connectivity index (χ1v) is 9.81. The first-order chi connectivity index (χ1) is 15.4. The summed E-state index contributed by atoms with van der Waals surface area (Å²) in [4.78, 5) is 20.8. The summed E-state index contributed by atoms with van der Waals surface area (Å²) in [7, 11) is -0.0311. The van der Waals surface area contributed by atoms with Crippen molar-refractivity contribution in [1.82, 2.24) is 9.97 Å². The largest absolute Gasteiger partial charge is 0.488 e. The van der Waals surface area contributed by atoms with Crippen molar-refractivity contribution in [3.05, 3.63) is 65.4 Å². The van der Waals surface area contributed by atoms with Crippen LogP contribution in [0.2, 0.25) is 0 Å². The molecule has 0 atom stereocenters. The van der Waals surface area contributed by atoms with Gasteiger partial charge >= 0.3 is 7.12 Å². The number of aryl methyl sites for hydroxylation is 1. The van der Waals surface area contributed by atoms with Crippen LogP contribution in [-0.4, -0.2) is 40.2 Å². The number of hydrogen-bond acceptors (Lipinski definition) is 8. The van der Waals surface area contributed by atoms with Crippen LogP contribution in [0, 0.1) is 6.92 Å². The molecule has 0 bridgehead atoms. The minimum absolute atomic E-state index is 0.282. The third-order valence-electron chi connectivity index (χ3n) is 5.02. The van der Waals surface area contributed by atoms with E-state index in [-0.39, 0.29) is 5.56 Å². The van der Waals surface area contributed by atoms with E-state index in [9.17, 15) is 14.8 Å². The van der Waals surface area contributed by atoms with E-state index in [2.05, 4.69) is 15.3 Å². The van der Waals surface area contributed by atoms with Gasteiger partial charge in [-0.05, 0) is 24.0 Å². The summed E-state index contributed by atoms with van der Waals surface area (Å²) in [6.45, 7) is 2.15. The van der Waals surface area contributed by atoms with Crippen molar-refractivity contribution in [2.75, 3.05) is 12.4 Å². The molecule has 0 fully saturated rings.